The van der Waals surface area contributed by atoms with E-state index < -0.39 is 11.7 Å². The van der Waals surface area contributed by atoms with E-state index in [2.05, 4.69) is 60.9 Å². The fraction of sp³-hybridized carbons (Fsp3) is 0.250. The summed E-state index contributed by atoms with van der Waals surface area (Å²) in [7, 11) is 0. The number of nitrogens with two attached hydrogens (primary N) is 1. The van der Waals surface area contributed by atoms with E-state index in [1.807, 2.05) is 36.4 Å². The number of aromatic nitrogens is 5. The second-order valence-corrected chi connectivity index (χ2v) is 11.1. The second kappa shape index (κ2) is 13.9. The Morgan fingerprint density at radius 3 is 2.77 bits per heavy atom. The SMILES string of the molecule is CCN(CC)c1ccc(C=NNC(=O)c2nnn(-c3nonc3N)c2CN2CCc3ccccc32)c(OCc2c(F)cccc2Cl)c1. The quantitative estimate of drug-likeness (QED) is 0.141. The molecule has 242 valence electrons. The Bertz CT molecular complexity index is 1900. The van der Waals surface area contributed by atoms with Crippen LogP contribution >= 0.6 is 11.6 Å². The normalized spacial score (nSPS) is 12.5. The Hall–Kier alpha value is -5.50. The fourth-order valence-electron chi connectivity index (χ4n) is 5.45. The van der Waals surface area contributed by atoms with Crippen LogP contribution in [-0.4, -0.2) is 57.1 Å². The number of rotatable bonds is 12. The van der Waals surface area contributed by atoms with Gasteiger partial charge in [-0.25, -0.2) is 14.4 Å². The van der Waals surface area contributed by atoms with E-state index in [4.69, 9.17) is 26.7 Å². The number of carbonyl (C=O) groups is 1. The van der Waals surface area contributed by atoms with Gasteiger partial charge in [-0.2, -0.15) is 9.78 Å². The number of nitrogen functional groups attached to an aromatic ring is 1. The molecular weight excluding hydrogens is 627 g/mol. The van der Waals surface area contributed by atoms with E-state index >= 15 is 0 Å². The molecule has 3 aromatic carbocycles. The van der Waals surface area contributed by atoms with Gasteiger partial charge in [0.15, 0.2) is 5.69 Å². The molecule has 0 radical (unpaired) electrons. The third-order valence-electron chi connectivity index (χ3n) is 7.93. The van der Waals surface area contributed by atoms with Gasteiger partial charge >= 0.3 is 0 Å². The first-order valence-corrected chi connectivity index (χ1v) is 15.4. The molecule has 0 fully saturated rings. The third kappa shape index (κ3) is 6.58. The minimum atomic E-state index is -0.606. The Kier molecular flexibility index (Phi) is 9.29. The number of carbonyl (C=O) groups excluding carboxylic acids is 1. The number of nitrogens with one attached hydrogen (secondary N) is 1. The van der Waals surface area contributed by atoms with E-state index in [1.54, 1.807) is 6.07 Å². The van der Waals surface area contributed by atoms with Crippen molar-refractivity contribution in [3.63, 3.8) is 0 Å². The molecule has 2 aromatic heterocycles. The number of amides is 1. The maximum atomic E-state index is 14.5. The lowest BCUT2D eigenvalue weighted by Gasteiger charge is -2.22. The lowest BCUT2D eigenvalue weighted by atomic mass is 10.1. The molecule has 1 aliphatic rings. The molecule has 47 heavy (non-hydrogen) atoms. The van der Waals surface area contributed by atoms with Gasteiger partial charge in [0.2, 0.25) is 11.6 Å². The van der Waals surface area contributed by atoms with Gasteiger partial charge in [0, 0.05) is 48.2 Å². The Morgan fingerprint density at radius 1 is 1.17 bits per heavy atom. The maximum Gasteiger partial charge on any atom is 0.293 e. The van der Waals surface area contributed by atoms with Crippen LogP contribution in [0.4, 0.5) is 21.6 Å². The van der Waals surface area contributed by atoms with E-state index in [0.717, 1.165) is 37.4 Å². The average Bonchev–Trinajstić information content (AvgIpc) is 3.81. The number of nitrogens with zero attached hydrogens (tertiary/aromatic N) is 8. The van der Waals surface area contributed by atoms with Gasteiger partial charge in [-0.05, 0) is 66.5 Å². The number of hydrogen-bond donors (Lipinski definition) is 2. The highest BCUT2D eigenvalue weighted by Gasteiger charge is 2.28. The number of hydrogen-bond acceptors (Lipinski definition) is 11. The molecule has 0 aliphatic carbocycles. The summed E-state index contributed by atoms with van der Waals surface area (Å²) in [6.45, 7) is 6.57. The molecule has 0 saturated heterocycles. The summed E-state index contributed by atoms with van der Waals surface area (Å²) in [5.74, 6) is -0.525. The molecule has 0 saturated carbocycles. The van der Waals surface area contributed by atoms with Gasteiger partial charge in [0.1, 0.15) is 18.2 Å². The Morgan fingerprint density at radius 2 is 2.00 bits per heavy atom. The highest BCUT2D eigenvalue weighted by atomic mass is 35.5. The van der Waals surface area contributed by atoms with Crippen molar-refractivity contribution in [2.45, 2.75) is 33.4 Å². The molecule has 15 heteroatoms. The first-order valence-electron chi connectivity index (χ1n) is 15.0. The van der Waals surface area contributed by atoms with E-state index in [1.165, 1.54) is 28.6 Å². The van der Waals surface area contributed by atoms with Crippen LogP contribution in [0.5, 0.6) is 5.75 Å². The smallest absolute Gasteiger partial charge is 0.293 e. The van der Waals surface area contributed by atoms with Crippen LogP contribution in [-0.2, 0) is 19.6 Å². The fourth-order valence-corrected chi connectivity index (χ4v) is 5.67. The summed E-state index contributed by atoms with van der Waals surface area (Å²) < 4.78 is 26.7. The topological polar surface area (TPSA) is 153 Å². The van der Waals surface area contributed by atoms with E-state index in [-0.39, 0.29) is 41.1 Å². The minimum absolute atomic E-state index is 0.000287. The number of benzene rings is 3. The zero-order chi connectivity index (χ0) is 32.9. The van der Waals surface area contributed by atoms with Gasteiger partial charge in [-0.15, -0.1) is 5.10 Å². The van der Waals surface area contributed by atoms with Crippen LogP contribution in [0.1, 0.15) is 46.7 Å². The number of ether oxygens (including phenoxy) is 1. The summed E-state index contributed by atoms with van der Waals surface area (Å²) in [6.07, 6.45) is 2.31. The molecule has 1 aliphatic heterocycles. The van der Waals surface area contributed by atoms with Gasteiger partial charge < -0.3 is 20.3 Å². The summed E-state index contributed by atoms with van der Waals surface area (Å²) in [6, 6.07) is 18.1. The van der Waals surface area contributed by atoms with Crippen LogP contribution in [0.3, 0.4) is 0 Å². The molecule has 1 amide bonds. The number of halogens is 2. The molecule has 6 rings (SSSR count). The number of fused-ring (bicyclic) bond motifs is 1. The third-order valence-corrected chi connectivity index (χ3v) is 8.28. The van der Waals surface area contributed by atoms with Gasteiger partial charge in [-0.3, -0.25) is 4.79 Å². The van der Waals surface area contributed by atoms with Crippen molar-refractivity contribution in [1.29, 1.82) is 0 Å². The lowest BCUT2D eigenvalue weighted by Crippen LogP contribution is -2.26. The zero-order valence-electron chi connectivity index (χ0n) is 25.7. The largest absolute Gasteiger partial charge is 0.488 e. The molecule has 0 unspecified atom stereocenters. The Labute approximate surface area is 274 Å². The first-order chi connectivity index (χ1) is 22.9. The molecule has 5 aromatic rings. The van der Waals surface area contributed by atoms with Crippen LogP contribution in [0.2, 0.25) is 5.02 Å². The predicted octanol–water partition coefficient (Wildman–Crippen LogP) is 4.78. The summed E-state index contributed by atoms with van der Waals surface area (Å²) in [5.41, 5.74) is 12.9. The van der Waals surface area contributed by atoms with Crippen molar-refractivity contribution >= 4 is 40.9 Å². The molecule has 3 heterocycles. The van der Waals surface area contributed by atoms with Crippen molar-refractivity contribution in [3.8, 4) is 11.6 Å². The van der Waals surface area contributed by atoms with Gasteiger partial charge in [-0.1, -0.05) is 41.1 Å². The molecular formula is C32H32ClFN10O3. The maximum absolute atomic E-state index is 14.5. The number of para-hydroxylation sites is 1. The summed E-state index contributed by atoms with van der Waals surface area (Å²) in [4.78, 5) is 17.8. The standard InChI is InChI=1S/C32H32ClFN10O3/c1-3-42(4-2)22-13-12-21(28(16-22)46-19-23-24(33)9-7-10-25(23)34)17-36-38-32(45)29-27(44(41-37-29)31-30(35)39-47-40-31)18-43-15-14-20-8-5-6-11-26(20)43/h5-13,16-17H,3-4,14-15,18-19H2,1-2H3,(H2,35,39)(H,38,45). The predicted molar refractivity (Wildman–Crippen MR) is 176 cm³/mol. The molecule has 3 N–H and O–H groups in total. The van der Waals surface area contributed by atoms with Gasteiger partial charge in [0.25, 0.3) is 5.91 Å². The molecule has 0 spiro atoms. The Balaban J connectivity index is 1.26. The van der Waals surface area contributed by atoms with Crippen LogP contribution in [0.15, 0.2) is 70.4 Å². The van der Waals surface area contributed by atoms with E-state index in [9.17, 15) is 9.18 Å². The first kappa shape index (κ1) is 31.5. The second-order valence-electron chi connectivity index (χ2n) is 10.7. The zero-order valence-corrected chi connectivity index (χ0v) is 26.5. The van der Waals surface area contributed by atoms with Crippen molar-refractivity contribution in [2.24, 2.45) is 5.10 Å². The monoisotopic (exact) mass is 658 g/mol. The van der Waals surface area contributed by atoms with Crippen molar-refractivity contribution in [2.75, 3.05) is 35.2 Å². The highest BCUT2D eigenvalue weighted by Crippen LogP contribution is 2.31. The number of hydrazone groups is 1. The van der Waals surface area contributed by atoms with Crippen LogP contribution in [0.25, 0.3) is 5.82 Å². The highest BCUT2D eigenvalue weighted by molar-refractivity contribution is 6.31. The molecule has 0 bridgehead atoms. The van der Waals surface area contributed by atoms with Crippen LogP contribution in [0, 0.1) is 5.82 Å². The summed E-state index contributed by atoms with van der Waals surface area (Å²) in [5, 5.41) is 20.2. The van der Waals surface area contributed by atoms with E-state index in [0.29, 0.717) is 17.0 Å². The average molecular weight is 659 g/mol. The van der Waals surface area contributed by atoms with Gasteiger partial charge in [0.05, 0.1) is 23.5 Å². The van der Waals surface area contributed by atoms with Crippen LogP contribution < -0.4 is 25.7 Å². The van der Waals surface area contributed by atoms with Crippen molar-refractivity contribution < 1.29 is 18.6 Å². The summed E-state index contributed by atoms with van der Waals surface area (Å²) >= 11 is 6.24. The lowest BCUT2D eigenvalue weighted by molar-refractivity contribution is 0.0949. The molecule has 13 nitrogen and oxygen atoms in total. The number of anilines is 3. The minimum Gasteiger partial charge on any atom is -0.488 e. The molecule has 0 atom stereocenters. The van der Waals surface area contributed by atoms with Crippen molar-refractivity contribution in [1.82, 2.24) is 30.7 Å². The van der Waals surface area contributed by atoms with Crippen molar-refractivity contribution in [3.05, 3.63) is 99.6 Å².